The summed E-state index contributed by atoms with van der Waals surface area (Å²) in [5.41, 5.74) is 0. The van der Waals surface area contributed by atoms with Crippen molar-refractivity contribution in [3.8, 4) is 11.5 Å². The second-order valence-corrected chi connectivity index (χ2v) is 3.94. The van der Waals surface area contributed by atoms with Crippen molar-refractivity contribution in [2.45, 2.75) is 11.5 Å². The van der Waals surface area contributed by atoms with Gasteiger partial charge in [0, 0.05) is 6.07 Å². The molecule has 0 saturated heterocycles. The molecule has 0 atom stereocenters. The summed E-state index contributed by atoms with van der Waals surface area (Å²) in [6, 6.07) is 2.76. The van der Waals surface area contributed by atoms with Crippen LogP contribution in [-0.2, 0) is 10.2 Å². The number of rotatable bonds is 4. The van der Waals surface area contributed by atoms with E-state index in [0.717, 1.165) is 18.2 Å². The Hall–Kier alpha value is -1.44. The van der Waals surface area contributed by atoms with Crippen LogP contribution in [0.25, 0.3) is 0 Å². The predicted molar refractivity (Wildman–Crippen MR) is 47.9 cm³/mol. The average Bonchev–Trinajstić information content (AvgIpc) is 2.14. The van der Waals surface area contributed by atoms with Crippen molar-refractivity contribution in [3.05, 3.63) is 18.2 Å². The first kappa shape index (κ1) is 12.6. The highest BCUT2D eigenvalue weighted by Crippen LogP contribution is 2.30. The van der Waals surface area contributed by atoms with E-state index in [9.17, 15) is 21.1 Å². The first-order valence-corrected chi connectivity index (χ1v) is 5.30. The van der Waals surface area contributed by atoms with E-state index in [1.54, 1.807) is 0 Å². The Kier molecular flexibility index (Phi) is 3.63. The maximum atomic E-state index is 12.7. The number of halogens is 3. The Labute approximate surface area is 89.8 Å². The molecule has 0 N–H and O–H groups in total. The van der Waals surface area contributed by atoms with Gasteiger partial charge in [-0.15, -0.1) is 3.89 Å². The molecule has 1 rings (SSSR count). The van der Waals surface area contributed by atoms with Crippen molar-refractivity contribution < 1.29 is 30.6 Å². The van der Waals surface area contributed by atoms with Gasteiger partial charge in [-0.1, -0.05) is 0 Å². The lowest BCUT2D eigenvalue weighted by atomic mass is 10.3. The van der Waals surface area contributed by atoms with Gasteiger partial charge in [-0.25, -0.2) is 0 Å². The van der Waals surface area contributed by atoms with E-state index in [0.29, 0.717) is 0 Å². The third kappa shape index (κ3) is 3.02. The fourth-order valence-corrected chi connectivity index (χ4v) is 1.58. The molecular weight excluding hydrogens is 249 g/mol. The molecular formula is C8H7F3O4S. The lowest BCUT2D eigenvalue weighted by Crippen LogP contribution is -2.06. The molecule has 0 radical (unpaired) electrons. The smallest absolute Gasteiger partial charge is 0.387 e. The molecule has 90 valence electrons. The molecule has 0 spiro atoms. The number of alkyl halides is 2. The minimum absolute atomic E-state index is 0.0723. The summed E-state index contributed by atoms with van der Waals surface area (Å²) in [6.07, 6.45) is 0. The van der Waals surface area contributed by atoms with Crippen LogP contribution in [0.1, 0.15) is 0 Å². The molecule has 16 heavy (non-hydrogen) atoms. The van der Waals surface area contributed by atoms with E-state index >= 15 is 0 Å². The SMILES string of the molecule is COc1ccc(S(=O)(=O)F)c(OC(F)F)c1. The van der Waals surface area contributed by atoms with E-state index in [1.165, 1.54) is 7.11 Å². The molecule has 1 aromatic carbocycles. The van der Waals surface area contributed by atoms with Gasteiger partial charge < -0.3 is 9.47 Å². The summed E-state index contributed by atoms with van der Waals surface area (Å²) in [5.74, 6) is -0.722. The summed E-state index contributed by atoms with van der Waals surface area (Å²) in [4.78, 5) is -0.964. The van der Waals surface area contributed by atoms with E-state index < -0.39 is 27.5 Å². The van der Waals surface area contributed by atoms with E-state index in [2.05, 4.69) is 9.47 Å². The maximum absolute atomic E-state index is 12.7. The Morgan fingerprint density at radius 2 is 1.94 bits per heavy atom. The van der Waals surface area contributed by atoms with Gasteiger partial charge in [0.2, 0.25) is 0 Å². The Morgan fingerprint density at radius 3 is 2.38 bits per heavy atom. The second-order valence-electron chi connectivity index (χ2n) is 2.63. The molecule has 0 aliphatic rings. The van der Waals surface area contributed by atoms with Crippen molar-refractivity contribution in [2.75, 3.05) is 7.11 Å². The van der Waals surface area contributed by atoms with Crippen molar-refractivity contribution in [1.82, 2.24) is 0 Å². The number of methoxy groups -OCH3 is 1. The highest BCUT2D eigenvalue weighted by atomic mass is 32.3. The third-order valence-corrected chi connectivity index (χ3v) is 2.49. The zero-order valence-corrected chi connectivity index (χ0v) is 8.80. The lowest BCUT2D eigenvalue weighted by molar-refractivity contribution is -0.0518. The number of hydrogen-bond acceptors (Lipinski definition) is 4. The van der Waals surface area contributed by atoms with Crippen LogP contribution in [0.15, 0.2) is 23.1 Å². The van der Waals surface area contributed by atoms with Crippen LogP contribution in [0, 0.1) is 0 Å². The highest BCUT2D eigenvalue weighted by molar-refractivity contribution is 7.86. The minimum atomic E-state index is -5.12. The van der Waals surface area contributed by atoms with Crippen LogP contribution in [0.4, 0.5) is 12.7 Å². The molecule has 4 nitrogen and oxygen atoms in total. The van der Waals surface area contributed by atoms with Gasteiger partial charge in [-0.2, -0.15) is 17.2 Å². The monoisotopic (exact) mass is 256 g/mol. The van der Waals surface area contributed by atoms with Crippen molar-refractivity contribution in [2.24, 2.45) is 0 Å². The molecule has 0 saturated carbocycles. The molecule has 0 aromatic heterocycles. The van der Waals surface area contributed by atoms with Crippen LogP contribution in [0.2, 0.25) is 0 Å². The summed E-state index contributed by atoms with van der Waals surface area (Å²) in [7, 11) is -3.88. The van der Waals surface area contributed by atoms with Crippen molar-refractivity contribution >= 4 is 10.2 Å². The largest absolute Gasteiger partial charge is 0.497 e. The zero-order valence-electron chi connectivity index (χ0n) is 7.98. The minimum Gasteiger partial charge on any atom is -0.497 e. The summed E-state index contributed by atoms with van der Waals surface area (Å²) in [6.45, 7) is -3.26. The molecule has 8 heteroatoms. The van der Waals surface area contributed by atoms with Gasteiger partial charge >= 0.3 is 16.8 Å². The Balaban J connectivity index is 3.27. The van der Waals surface area contributed by atoms with Crippen LogP contribution < -0.4 is 9.47 Å². The van der Waals surface area contributed by atoms with Crippen LogP contribution >= 0.6 is 0 Å². The Morgan fingerprint density at radius 1 is 1.31 bits per heavy atom. The fraction of sp³-hybridized carbons (Fsp3) is 0.250. The molecule has 0 heterocycles. The number of benzene rings is 1. The van der Waals surface area contributed by atoms with Gasteiger partial charge in [0.25, 0.3) is 0 Å². The molecule has 0 bridgehead atoms. The highest BCUT2D eigenvalue weighted by Gasteiger charge is 2.21. The van der Waals surface area contributed by atoms with Gasteiger partial charge in [0.15, 0.2) is 5.75 Å². The fourth-order valence-electron chi connectivity index (χ4n) is 1.00. The second kappa shape index (κ2) is 4.60. The maximum Gasteiger partial charge on any atom is 0.387 e. The van der Waals surface area contributed by atoms with Gasteiger partial charge in [-0.05, 0) is 12.1 Å². The van der Waals surface area contributed by atoms with Crippen molar-refractivity contribution in [3.63, 3.8) is 0 Å². The van der Waals surface area contributed by atoms with E-state index in [-0.39, 0.29) is 5.75 Å². The molecule has 0 unspecified atom stereocenters. The van der Waals surface area contributed by atoms with E-state index in [4.69, 9.17) is 0 Å². The molecule has 0 aliphatic carbocycles. The van der Waals surface area contributed by atoms with Gasteiger partial charge in [-0.3, -0.25) is 0 Å². The summed E-state index contributed by atoms with van der Waals surface area (Å²) >= 11 is 0. The van der Waals surface area contributed by atoms with Gasteiger partial charge in [0.1, 0.15) is 10.6 Å². The van der Waals surface area contributed by atoms with Crippen LogP contribution in [0.5, 0.6) is 11.5 Å². The quantitative estimate of drug-likeness (QED) is 0.773. The molecule has 0 fully saturated rings. The molecule has 0 amide bonds. The topological polar surface area (TPSA) is 52.6 Å². The summed E-state index contributed by atoms with van der Waals surface area (Å²) in [5, 5.41) is 0. The molecule has 0 aliphatic heterocycles. The molecule has 1 aromatic rings. The van der Waals surface area contributed by atoms with E-state index in [1.807, 2.05) is 0 Å². The predicted octanol–water partition coefficient (Wildman–Crippen LogP) is 1.95. The lowest BCUT2D eigenvalue weighted by Gasteiger charge is -2.09. The normalized spacial score (nSPS) is 11.6. The average molecular weight is 256 g/mol. The van der Waals surface area contributed by atoms with Crippen LogP contribution in [-0.4, -0.2) is 22.1 Å². The third-order valence-electron chi connectivity index (χ3n) is 1.63. The zero-order chi connectivity index (χ0) is 12.3. The summed E-state index contributed by atoms with van der Waals surface area (Å²) < 4.78 is 66.3. The number of ether oxygens (including phenoxy) is 2. The van der Waals surface area contributed by atoms with Gasteiger partial charge in [0.05, 0.1) is 7.11 Å². The Bertz CT molecular complexity index is 472. The standard InChI is InChI=1S/C8H7F3O4S/c1-14-5-2-3-7(16(11,12)13)6(4-5)15-8(9)10/h2-4,8H,1H3. The van der Waals surface area contributed by atoms with Crippen molar-refractivity contribution in [1.29, 1.82) is 0 Å². The first-order valence-electron chi connectivity index (χ1n) is 3.92. The van der Waals surface area contributed by atoms with Crippen LogP contribution in [0.3, 0.4) is 0 Å². The number of hydrogen-bond donors (Lipinski definition) is 0. The first-order chi connectivity index (χ1) is 7.34.